The maximum Gasteiger partial charge on any atom is 0.232 e. The zero-order valence-electron chi connectivity index (χ0n) is 13.0. The Morgan fingerprint density at radius 1 is 0.900 bits per heavy atom. The van der Waals surface area contributed by atoms with E-state index in [4.69, 9.17) is 4.74 Å². The van der Waals surface area contributed by atoms with E-state index in [-0.39, 0.29) is 0 Å². The van der Waals surface area contributed by atoms with Gasteiger partial charge in [-0.1, -0.05) is 58.0 Å². The van der Waals surface area contributed by atoms with Crippen molar-refractivity contribution in [3.63, 3.8) is 0 Å². The molecule has 3 heteroatoms. The van der Waals surface area contributed by atoms with Gasteiger partial charge in [0.15, 0.2) is 0 Å². The summed E-state index contributed by atoms with van der Waals surface area (Å²) in [4.78, 5) is 8.20. The molecule has 0 N–H and O–H groups in total. The molecular weight excluding hydrogens is 248 g/mol. The smallest absolute Gasteiger partial charge is 0.232 e. The summed E-state index contributed by atoms with van der Waals surface area (Å²) in [6.07, 6.45) is 3.36. The summed E-state index contributed by atoms with van der Waals surface area (Å²) in [5.41, 5.74) is 2.38. The molecule has 0 unspecified atom stereocenters. The van der Waals surface area contributed by atoms with Gasteiger partial charge in [0.1, 0.15) is 0 Å². The molecule has 0 bridgehead atoms. The van der Waals surface area contributed by atoms with Gasteiger partial charge in [-0.25, -0.2) is 4.98 Å². The van der Waals surface area contributed by atoms with Crippen LogP contribution in [0.25, 0.3) is 0 Å². The Bertz CT molecular complexity index is 495. The van der Waals surface area contributed by atoms with Crippen LogP contribution in [-0.2, 0) is 0 Å². The molecule has 2 aromatic rings. The molecular formula is C17H24N2O. The van der Waals surface area contributed by atoms with Crippen molar-refractivity contribution in [3.05, 3.63) is 54.0 Å². The predicted octanol–water partition coefficient (Wildman–Crippen LogP) is 4.42. The minimum Gasteiger partial charge on any atom is -0.480 e. The van der Waals surface area contributed by atoms with Gasteiger partial charge in [-0.2, -0.15) is 0 Å². The fraction of sp³-hybridized carbons (Fsp3) is 0.412. The van der Waals surface area contributed by atoms with Crippen molar-refractivity contribution < 1.29 is 4.74 Å². The Balaban J connectivity index is 0.000000204. The lowest BCUT2D eigenvalue weighted by molar-refractivity contribution is 0.393. The molecule has 0 aliphatic heterocycles. The van der Waals surface area contributed by atoms with Crippen LogP contribution >= 0.6 is 0 Å². The van der Waals surface area contributed by atoms with Crippen molar-refractivity contribution in [2.24, 2.45) is 0 Å². The van der Waals surface area contributed by atoms with E-state index in [2.05, 4.69) is 61.9 Å². The van der Waals surface area contributed by atoms with Gasteiger partial charge in [-0.3, -0.25) is 4.98 Å². The molecule has 0 spiro atoms. The van der Waals surface area contributed by atoms with E-state index in [1.165, 1.54) is 5.56 Å². The van der Waals surface area contributed by atoms with Crippen LogP contribution in [0.4, 0.5) is 0 Å². The van der Waals surface area contributed by atoms with E-state index in [0.29, 0.717) is 17.7 Å². The van der Waals surface area contributed by atoms with Gasteiger partial charge in [-0.15, -0.1) is 0 Å². The van der Waals surface area contributed by atoms with Gasteiger partial charge in [0, 0.05) is 6.20 Å². The molecule has 1 heterocycles. The zero-order valence-corrected chi connectivity index (χ0v) is 13.0. The molecule has 20 heavy (non-hydrogen) atoms. The Hall–Kier alpha value is -1.90. The quantitative estimate of drug-likeness (QED) is 0.829. The SMILES string of the molecule is CC(C)c1ccccc1.COc1cncc(C(C)C)n1. The molecule has 3 nitrogen and oxygen atoms in total. The molecule has 0 saturated carbocycles. The van der Waals surface area contributed by atoms with Crippen molar-refractivity contribution in [2.75, 3.05) is 7.11 Å². The lowest BCUT2D eigenvalue weighted by atomic mass is 10.0. The third-order valence-electron chi connectivity index (χ3n) is 2.90. The van der Waals surface area contributed by atoms with Gasteiger partial charge < -0.3 is 4.74 Å². The topological polar surface area (TPSA) is 35.0 Å². The number of nitrogens with zero attached hydrogens (tertiary/aromatic N) is 2. The second-order valence-electron chi connectivity index (χ2n) is 5.21. The van der Waals surface area contributed by atoms with Crippen LogP contribution in [-0.4, -0.2) is 17.1 Å². The van der Waals surface area contributed by atoms with Crippen LogP contribution < -0.4 is 4.74 Å². The average Bonchev–Trinajstić information content (AvgIpc) is 2.49. The molecule has 1 aromatic heterocycles. The highest BCUT2D eigenvalue weighted by Crippen LogP contribution is 2.13. The molecule has 1 aromatic carbocycles. The Kier molecular flexibility index (Phi) is 6.71. The summed E-state index contributed by atoms with van der Waals surface area (Å²) < 4.78 is 4.93. The van der Waals surface area contributed by atoms with Gasteiger partial charge in [0.25, 0.3) is 0 Å². The zero-order chi connectivity index (χ0) is 15.0. The predicted molar refractivity (Wildman–Crippen MR) is 83.2 cm³/mol. The second kappa shape index (κ2) is 8.31. The first kappa shape index (κ1) is 16.2. The number of hydrogen-bond acceptors (Lipinski definition) is 3. The van der Waals surface area contributed by atoms with E-state index in [1.54, 1.807) is 19.5 Å². The average molecular weight is 272 g/mol. The Morgan fingerprint density at radius 3 is 2.00 bits per heavy atom. The molecule has 0 atom stereocenters. The van der Waals surface area contributed by atoms with Gasteiger partial charge in [-0.05, 0) is 17.4 Å². The van der Waals surface area contributed by atoms with E-state index in [1.807, 2.05) is 6.07 Å². The number of ether oxygens (including phenoxy) is 1. The Labute approximate surface area is 122 Å². The molecule has 0 radical (unpaired) electrons. The van der Waals surface area contributed by atoms with Crippen LogP contribution in [0.2, 0.25) is 0 Å². The number of hydrogen-bond donors (Lipinski definition) is 0. The van der Waals surface area contributed by atoms with Crippen LogP contribution in [0.3, 0.4) is 0 Å². The summed E-state index contributed by atoms with van der Waals surface area (Å²) in [7, 11) is 1.59. The Morgan fingerprint density at radius 2 is 1.55 bits per heavy atom. The maximum atomic E-state index is 4.93. The molecule has 0 aliphatic carbocycles. The molecule has 108 valence electrons. The summed E-state index contributed by atoms with van der Waals surface area (Å²) in [6.45, 7) is 8.55. The highest BCUT2D eigenvalue weighted by Gasteiger charge is 2.01. The molecule has 0 saturated heterocycles. The number of rotatable bonds is 3. The van der Waals surface area contributed by atoms with E-state index in [0.717, 1.165) is 5.69 Å². The van der Waals surface area contributed by atoms with Crippen LogP contribution in [0.15, 0.2) is 42.7 Å². The van der Waals surface area contributed by atoms with Crippen molar-refractivity contribution in [1.29, 1.82) is 0 Å². The first-order valence-corrected chi connectivity index (χ1v) is 6.95. The second-order valence-corrected chi connectivity index (χ2v) is 5.21. The molecule has 0 amide bonds. The van der Waals surface area contributed by atoms with Crippen LogP contribution in [0.1, 0.15) is 50.8 Å². The maximum absolute atomic E-state index is 4.93. The molecule has 0 aliphatic rings. The summed E-state index contributed by atoms with van der Waals surface area (Å²) in [6, 6.07) is 10.5. The van der Waals surface area contributed by atoms with Gasteiger partial charge in [0.2, 0.25) is 5.88 Å². The summed E-state index contributed by atoms with van der Waals surface area (Å²) >= 11 is 0. The standard InChI is InChI=1S/C9H12.C8H12N2O/c1-8(2)9-6-4-3-5-7-9;1-6(2)7-4-9-5-8(10-7)11-3/h3-8H,1-2H3;4-6H,1-3H3. The summed E-state index contributed by atoms with van der Waals surface area (Å²) in [5.74, 6) is 1.64. The lowest BCUT2D eigenvalue weighted by Gasteiger charge is -2.04. The van der Waals surface area contributed by atoms with Crippen molar-refractivity contribution >= 4 is 0 Å². The van der Waals surface area contributed by atoms with Gasteiger partial charge >= 0.3 is 0 Å². The highest BCUT2D eigenvalue weighted by molar-refractivity contribution is 5.17. The fourth-order valence-corrected chi connectivity index (χ4v) is 1.58. The molecule has 2 rings (SSSR count). The minimum atomic E-state index is 0.401. The molecule has 0 fully saturated rings. The first-order valence-electron chi connectivity index (χ1n) is 6.95. The van der Waals surface area contributed by atoms with E-state index >= 15 is 0 Å². The van der Waals surface area contributed by atoms with E-state index in [9.17, 15) is 0 Å². The van der Waals surface area contributed by atoms with Gasteiger partial charge in [0.05, 0.1) is 19.0 Å². The third-order valence-corrected chi connectivity index (χ3v) is 2.90. The summed E-state index contributed by atoms with van der Waals surface area (Å²) in [5, 5.41) is 0. The third kappa shape index (κ3) is 5.39. The fourth-order valence-electron chi connectivity index (χ4n) is 1.58. The minimum absolute atomic E-state index is 0.401. The highest BCUT2D eigenvalue weighted by atomic mass is 16.5. The largest absolute Gasteiger partial charge is 0.480 e. The number of methoxy groups -OCH3 is 1. The monoisotopic (exact) mass is 272 g/mol. The number of benzene rings is 1. The normalized spacial score (nSPS) is 10.2. The van der Waals surface area contributed by atoms with Crippen molar-refractivity contribution in [3.8, 4) is 5.88 Å². The van der Waals surface area contributed by atoms with Crippen molar-refractivity contribution in [1.82, 2.24) is 9.97 Å². The number of aromatic nitrogens is 2. The lowest BCUT2D eigenvalue weighted by Crippen LogP contribution is -1.96. The van der Waals surface area contributed by atoms with Crippen LogP contribution in [0.5, 0.6) is 5.88 Å². The van der Waals surface area contributed by atoms with Crippen LogP contribution in [0, 0.1) is 0 Å². The first-order chi connectivity index (χ1) is 9.54. The van der Waals surface area contributed by atoms with E-state index < -0.39 is 0 Å². The van der Waals surface area contributed by atoms with Crippen molar-refractivity contribution in [2.45, 2.75) is 39.5 Å².